The summed E-state index contributed by atoms with van der Waals surface area (Å²) in [5.74, 6) is 3.40. The molecule has 2 heteroatoms. The smallest absolute Gasteiger partial charge is 0.306 e. The fourth-order valence-electron chi connectivity index (χ4n) is 5.70. The molecule has 0 aromatic carbocycles. The van der Waals surface area contributed by atoms with Crippen molar-refractivity contribution < 1.29 is 9.53 Å². The third-order valence-electron chi connectivity index (χ3n) is 6.69. The van der Waals surface area contributed by atoms with E-state index in [0.717, 1.165) is 30.1 Å². The Morgan fingerprint density at radius 3 is 2.61 bits per heavy atom. The van der Waals surface area contributed by atoms with E-state index in [1.54, 1.807) is 0 Å². The van der Waals surface area contributed by atoms with Gasteiger partial charge in [-0.1, -0.05) is 33.6 Å². The van der Waals surface area contributed by atoms with Crippen molar-refractivity contribution >= 4 is 5.97 Å². The van der Waals surface area contributed by atoms with Crippen LogP contribution in [0.25, 0.3) is 0 Å². The molecule has 2 aliphatic carbocycles. The molecule has 0 aromatic rings. The van der Waals surface area contributed by atoms with Gasteiger partial charge < -0.3 is 4.74 Å². The van der Waals surface area contributed by atoms with E-state index in [2.05, 4.69) is 20.8 Å². The minimum Gasteiger partial charge on any atom is -0.460 e. The summed E-state index contributed by atoms with van der Waals surface area (Å²) in [5, 5.41) is 0. The van der Waals surface area contributed by atoms with Crippen LogP contribution in [0, 0.1) is 29.1 Å². The highest BCUT2D eigenvalue weighted by Gasteiger charge is 2.51. The second kappa shape index (κ2) is 7.15. The van der Waals surface area contributed by atoms with Crippen molar-refractivity contribution in [1.29, 1.82) is 0 Å². The third kappa shape index (κ3) is 4.51. The van der Waals surface area contributed by atoms with E-state index in [1.165, 1.54) is 38.5 Å². The zero-order chi connectivity index (χ0) is 17.3. The lowest BCUT2D eigenvalue weighted by Gasteiger charge is -2.46. The molecule has 23 heavy (non-hydrogen) atoms. The Morgan fingerprint density at radius 2 is 1.96 bits per heavy atom. The first-order valence-corrected chi connectivity index (χ1v) is 9.85. The maximum atomic E-state index is 11.9. The van der Waals surface area contributed by atoms with Crippen LogP contribution in [0.5, 0.6) is 0 Å². The van der Waals surface area contributed by atoms with Crippen molar-refractivity contribution in [3.63, 3.8) is 0 Å². The molecule has 134 valence electrons. The Hall–Kier alpha value is -0.530. The lowest BCUT2D eigenvalue weighted by atomic mass is 9.59. The second-order valence-corrected chi connectivity index (χ2v) is 9.62. The number of ether oxygens (including phenoxy) is 1. The average molecular weight is 323 g/mol. The number of hydrogen-bond acceptors (Lipinski definition) is 2. The van der Waals surface area contributed by atoms with Crippen LogP contribution < -0.4 is 0 Å². The van der Waals surface area contributed by atoms with Gasteiger partial charge in [0, 0.05) is 6.42 Å². The molecule has 2 aliphatic rings. The number of rotatable bonds is 5. The molecule has 0 radical (unpaired) electrons. The molecule has 0 unspecified atom stereocenters. The van der Waals surface area contributed by atoms with Gasteiger partial charge in [0.1, 0.15) is 5.60 Å². The van der Waals surface area contributed by atoms with Crippen LogP contribution in [0.1, 0.15) is 92.9 Å². The minimum atomic E-state index is -0.354. The quantitative estimate of drug-likeness (QED) is 0.581. The molecule has 0 saturated heterocycles. The van der Waals surface area contributed by atoms with Crippen LogP contribution in [0.15, 0.2) is 0 Å². The molecule has 0 aliphatic heterocycles. The van der Waals surface area contributed by atoms with Gasteiger partial charge in [-0.3, -0.25) is 4.79 Å². The van der Waals surface area contributed by atoms with E-state index in [0.29, 0.717) is 11.8 Å². The summed E-state index contributed by atoms with van der Waals surface area (Å²) in [6, 6.07) is 0. The predicted molar refractivity (Wildman–Crippen MR) is 96.2 cm³/mol. The van der Waals surface area contributed by atoms with E-state index in [1.807, 2.05) is 20.8 Å². The van der Waals surface area contributed by atoms with Gasteiger partial charge in [-0.05, 0) is 82.0 Å². The largest absolute Gasteiger partial charge is 0.460 e. The SMILES string of the molecule is C[C@H](CCCC(=O)OC(C)(C)C)[C@H]1CC[C@H]2[C@H](C)CCC[C@]12C. The molecule has 2 rings (SSSR count). The normalized spacial score (nSPS) is 35.7. The lowest BCUT2D eigenvalue weighted by molar-refractivity contribution is -0.155. The molecule has 2 fully saturated rings. The van der Waals surface area contributed by atoms with Gasteiger partial charge >= 0.3 is 5.97 Å². The number of carbonyl (C=O) groups excluding carboxylic acids is 1. The molecule has 0 aromatic heterocycles. The van der Waals surface area contributed by atoms with Gasteiger partial charge in [-0.25, -0.2) is 0 Å². The van der Waals surface area contributed by atoms with E-state index in [-0.39, 0.29) is 11.6 Å². The number of hydrogen-bond donors (Lipinski definition) is 0. The van der Waals surface area contributed by atoms with Crippen LogP contribution >= 0.6 is 0 Å². The number of esters is 1. The highest BCUT2D eigenvalue weighted by molar-refractivity contribution is 5.69. The van der Waals surface area contributed by atoms with Crippen LogP contribution in [-0.4, -0.2) is 11.6 Å². The average Bonchev–Trinajstić information content (AvgIpc) is 2.75. The van der Waals surface area contributed by atoms with Gasteiger partial charge in [0.2, 0.25) is 0 Å². The predicted octanol–water partition coefficient (Wildman–Crippen LogP) is 5.99. The van der Waals surface area contributed by atoms with Crippen molar-refractivity contribution in [1.82, 2.24) is 0 Å². The molecule has 0 N–H and O–H groups in total. The van der Waals surface area contributed by atoms with E-state index >= 15 is 0 Å². The Labute approximate surface area is 143 Å². The zero-order valence-electron chi connectivity index (χ0n) is 16.3. The first kappa shape index (κ1) is 18.8. The Kier molecular flexibility index (Phi) is 5.85. The van der Waals surface area contributed by atoms with Gasteiger partial charge in [-0.2, -0.15) is 0 Å². The molecule has 0 spiro atoms. The topological polar surface area (TPSA) is 26.3 Å². The van der Waals surface area contributed by atoms with Crippen molar-refractivity contribution in [2.45, 2.75) is 98.5 Å². The van der Waals surface area contributed by atoms with Crippen molar-refractivity contribution in [3.8, 4) is 0 Å². The molecular formula is C21H38O2. The molecule has 0 bridgehead atoms. The van der Waals surface area contributed by atoms with Gasteiger partial charge in [0.15, 0.2) is 0 Å². The Balaban J connectivity index is 1.82. The second-order valence-electron chi connectivity index (χ2n) is 9.62. The molecule has 0 amide bonds. The Bertz CT molecular complexity index is 409. The fraction of sp³-hybridized carbons (Fsp3) is 0.952. The zero-order valence-corrected chi connectivity index (χ0v) is 16.3. The van der Waals surface area contributed by atoms with Gasteiger partial charge in [0.05, 0.1) is 0 Å². The van der Waals surface area contributed by atoms with E-state index in [9.17, 15) is 4.79 Å². The van der Waals surface area contributed by atoms with Crippen LogP contribution in [-0.2, 0) is 9.53 Å². The minimum absolute atomic E-state index is 0.0356. The highest BCUT2D eigenvalue weighted by Crippen LogP contribution is 2.59. The first-order valence-electron chi connectivity index (χ1n) is 9.85. The van der Waals surface area contributed by atoms with Gasteiger partial charge in [-0.15, -0.1) is 0 Å². The molecule has 0 heterocycles. The van der Waals surface area contributed by atoms with Crippen molar-refractivity contribution in [3.05, 3.63) is 0 Å². The molecule has 5 atom stereocenters. The summed E-state index contributed by atoms with van der Waals surface area (Å²) in [5.41, 5.74) is 0.204. The van der Waals surface area contributed by atoms with Crippen molar-refractivity contribution in [2.75, 3.05) is 0 Å². The number of fused-ring (bicyclic) bond motifs is 1. The monoisotopic (exact) mass is 322 g/mol. The van der Waals surface area contributed by atoms with Crippen LogP contribution in [0.3, 0.4) is 0 Å². The van der Waals surface area contributed by atoms with Crippen LogP contribution in [0.4, 0.5) is 0 Å². The van der Waals surface area contributed by atoms with Crippen LogP contribution in [0.2, 0.25) is 0 Å². The molecule has 2 saturated carbocycles. The maximum Gasteiger partial charge on any atom is 0.306 e. The maximum absolute atomic E-state index is 11.9. The highest BCUT2D eigenvalue weighted by atomic mass is 16.6. The standard InChI is InChI=1S/C21H38O2/c1-15(9-7-11-19(22)23-20(3,4)5)17-12-13-18-16(2)10-8-14-21(17,18)6/h15-18H,7-14H2,1-6H3/t15-,16-,17-,18+,21-/m1/s1. The summed E-state index contributed by atoms with van der Waals surface area (Å²) in [7, 11) is 0. The fourth-order valence-corrected chi connectivity index (χ4v) is 5.70. The summed E-state index contributed by atoms with van der Waals surface area (Å²) >= 11 is 0. The summed E-state index contributed by atoms with van der Waals surface area (Å²) in [4.78, 5) is 11.9. The van der Waals surface area contributed by atoms with E-state index < -0.39 is 0 Å². The van der Waals surface area contributed by atoms with Gasteiger partial charge in [0.25, 0.3) is 0 Å². The van der Waals surface area contributed by atoms with E-state index in [4.69, 9.17) is 4.74 Å². The summed E-state index contributed by atoms with van der Waals surface area (Å²) in [6.07, 6.45) is 9.81. The third-order valence-corrected chi connectivity index (χ3v) is 6.69. The summed E-state index contributed by atoms with van der Waals surface area (Å²) < 4.78 is 5.43. The number of carbonyl (C=O) groups is 1. The molecule has 2 nitrogen and oxygen atoms in total. The summed E-state index contributed by atoms with van der Waals surface area (Å²) in [6.45, 7) is 13.3. The first-order chi connectivity index (χ1) is 10.6. The van der Waals surface area contributed by atoms with Crippen molar-refractivity contribution in [2.24, 2.45) is 29.1 Å². The molecular weight excluding hydrogens is 284 g/mol. The lowest BCUT2D eigenvalue weighted by Crippen LogP contribution is -2.38. The Morgan fingerprint density at radius 1 is 1.26 bits per heavy atom.